The number of ether oxygens (including phenoxy) is 2. The van der Waals surface area contributed by atoms with Crippen LogP contribution in [0.5, 0.6) is 11.5 Å². The Hall–Kier alpha value is -4.12. The quantitative estimate of drug-likeness (QED) is 0.243. The standard InChI is InChI=1S/C27H21NO4/c1-16-7-6-8-18(11-16)27(30)31-20-12-17(2)25-23(14-20)32-24(26(25)29)13-19-15-28(3)22-10-5-4-9-21(19)22/h4-15H,1-3H3/b24-13-. The Labute approximate surface area is 185 Å². The molecule has 5 rings (SSSR count). The second kappa shape index (κ2) is 7.54. The number of hydrogen-bond donors (Lipinski definition) is 0. The monoisotopic (exact) mass is 423 g/mol. The van der Waals surface area contributed by atoms with Gasteiger partial charge in [0.2, 0.25) is 5.78 Å². The molecule has 0 saturated carbocycles. The van der Waals surface area contributed by atoms with Crippen LogP contribution >= 0.6 is 0 Å². The molecule has 0 N–H and O–H groups in total. The molecule has 1 aliphatic rings. The number of esters is 1. The minimum absolute atomic E-state index is 0.179. The van der Waals surface area contributed by atoms with E-state index in [1.165, 1.54) is 0 Å². The Morgan fingerprint density at radius 2 is 1.84 bits per heavy atom. The maximum Gasteiger partial charge on any atom is 0.343 e. The van der Waals surface area contributed by atoms with Crippen LogP contribution in [0.15, 0.2) is 72.6 Å². The molecule has 0 fully saturated rings. The molecule has 0 aliphatic carbocycles. The number of hydrogen-bond acceptors (Lipinski definition) is 4. The maximum atomic E-state index is 13.0. The first-order valence-corrected chi connectivity index (χ1v) is 10.3. The van der Waals surface area contributed by atoms with E-state index >= 15 is 0 Å². The molecule has 0 bridgehead atoms. The highest BCUT2D eigenvalue weighted by Gasteiger charge is 2.30. The van der Waals surface area contributed by atoms with E-state index in [9.17, 15) is 9.59 Å². The largest absolute Gasteiger partial charge is 0.452 e. The summed E-state index contributed by atoms with van der Waals surface area (Å²) < 4.78 is 13.5. The molecule has 5 heteroatoms. The summed E-state index contributed by atoms with van der Waals surface area (Å²) in [7, 11) is 1.97. The third-order valence-electron chi connectivity index (χ3n) is 5.62. The summed E-state index contributed by atoms with van der Waals surface area (Å²) in [6, 6.07) is 18.5. The summed E-state index contributed by atoms with van der Waals surface area (Å²) in [6.07, 6.45) is 3.74. The fourth-order valence-electron chi connectivity index (χ4n) is 4.10. The summed E-state index contributed by atoms with van der Waals surface area (Å²) in [5.41, 5.74) is 4.61. The topological polar surface area (TPSA) is 57.5 Å². The van der Waals surface area contributed by atoms with Crippen LogP contribution in [0.1, 0.15) is 37.4 Å². The third-order valence-corrected chi connectivity index (χ3v) is 5.62. The van der Waals surface area contributed by atoms with Gasteiger partial charge < -0.3 is 14.0 Å². The number of nitrogens with zero attached hydrogens (tertiary/aromatic N) is 1. The zero-order valence-corrected chi connectivity index (χ0v) is 18.0. The molecule has 158 valence electrons. The summed E-state index contributed by atoms with van der Waals surface area (Å²) in [4.78, 5) is 25.6. The first-order valence-electron chi connectivity index (χ1n) is 10.3. The average molecular weight is 423 g/mol. The van der Waals surface area contributed by atoms with E-state index in [0.29, 0.717) is 28.2 Å². The first-order chi connectivity index (χ1) is 15.4. The fraction of sp³-hybridized carbons (Fsp3) is 0.111. The molecule has 3 aromatic carbocycles. The van der Waals surface area contributed by atoms with E-state index in [0.717, 1.165) is 22.0 Å². The smallest absolute Gasteiger partial charge is 0.343 e. The lowest BCUT2D eigenvalue weighted by Crippen LogP contribution is -2.09. The SMILES string of the molecule is Cc1cccc(C(=O)Oc2cc(C)c3c(c2)O/C(=C\c2cn(C)c4ccccc24)C3=O)c1. The molecule has 0 saturated heterocycles. The van der Waals surface area contributed by atoms with Crippen molar-refractivity contribution >= 4 is 28.7 Å². The zero-order valence-electron chi connectivity index (χ0n) is 18.0. The Kier molecular flexibility index (Phi) is 4.67. The second-order valence-corrected chi connectivity index (χ2v) is 8.02. The molecule has 0 radical (unpaired) electrons. The van der Waals surface area contributed by atoms with Crippen LogP contribution < -0.4 is 9.47 Å². The van der Waals surface area contributed by atoms with E-state index in [4.69, 9.17) is 9.47 Å². The Balaban J connectivity index is 1.46. The predicted molar refractivity (Wildman–Crippen MR) is 123 cm³/mol. The lowest BCUT2D eigenvalue weighted by Gasteiger charge is -2.08. The number of aromatic nitrogens is 1. The Morgan fingerprint density at radius 1 is 1.03 bits per heavy atom. The van der Waals surface area contributed by atoms with Crippen LogP contribution in [-0.4, -0.2) is 16.3 Å². The number of aryl methyl sites for hydroxylation is 3. The lowest BCUT2D eigenvalue weighted by molar-refractivity contribution is 0.0734. The molecule has 0 amide bonds. The van der Waals surface area contributed by atoms with Gasteiger partial charge in [-0.25, -0.2) is 4.79 Å². The van der Waals surface area contributed by atoms with Crippen LogP contribution in [0.4, 0.5) is 0 Å². The van der Waals surface area contributed by atoms with Crippen molar-refractivity contribution < 1.29 is 19.1 Å². The molecule has 32 heavy (non-hydrogen) atoms. The van der Waals surface area contributed by atoms with Crippen LogP contribution in [0.3, 0.4) is 0 Å². The van der Waals surface area contributed by atoms with Gasteiger partial charge in [0.05, 0.1) is 11.1 Å². The summed E-state index contributed by atoms with van der Waals surface area (Å²) >= 11 is 0. The molecular formula is C27H21NO4. The zero-order chi connectivity index (χ0) is 22.4. The number of carbonyl (C=O) groups is 2. The van der Waals surface area contributed by atoms with Gasteiger partial charge in [-0.1, -0.05) is 35.9 Å². The van der Waals surface area contributed by atoms with E-state index in [-0.39, 0.29) is 11.5 Å². The third kappa shape index (κ3) is 3.38. The van der Waals surface area contributed by atoms with Crippen molar-refractivity contribution in [1.82, 2.24) is 4.57 Å². The van der Waals surface area contributed by atoms with Gasteiger partial charge in [0.1, 0.15) is 11.5 Å². The van der Waals surface area contributed by atoms with Crippen molar-refractivity contribution in [2.24, 2.45) is 7.05 Å². The number of carbonyl (C=O) groups excluding carboxylic acids is 2. The molecular weight excluding hydrogens is 402 g/mol. The maximum absolute atomic E-state index is 13.0. The number of Topliss-reactive ketones (excluding diaryl/α,β-unsaturated/α-hetero) is 1. The number of ketones is 1. The van der Waals surface area contributed by atoms with Crippen molar-refractivity contribution in [2.45, 2.75) is 13.8 Å². The lowest BCUT2D eigenvalue weighted by atomic mass is 10.0. The number of benzene rings is 3. The van der Waals surface area contributed by atoms with E-state index in [2.05, 4.69) is 0 Å². The molecule has 4 aromatic rings. The minimum Gasteiger partial charge on any atom is -0.452 e. The molecule has 5 nitrogen and oxygen atoms in total. The summed E-state index contributed by atoms with van der Waals surface area (Å²) in [5, 5.41) is 1.04. The normalized spacial score (nSPS) is 14.0. The van der Waals surface area contributed by atoms with Gasteiger partial charge >= 0.3 is 5.97 Å². The van der Waals surface area contributed by atoms with Gasteiger partial charge in [-0.05, 0) is 49.8 Å². The van der Waals surface area contributed by atoms with Crippen molar-refractivity contribution in [2.75, 3.05) is 0 Å². The predicted octanol–water partition coefficient (Wildman–Crippen LogP) is 5.63. The number of fused-ring (bicyclic) bond motifs is 2. The number of allylic oxidation sites excluding steroid dienone is 1. The van der Waals surface area contributed by atoms with Crippen LogP contribution in [0.25, 0.3) is 17.0 Å². The fourth-order valence-corrected chi connectivity index (χ4v) is 4.10. The van der Waals surface area contributed by atoms with E-state index in [1.807, 2.05) is 68.1 Å². The summed E-state index contributed by atoms with van der Waals surface area (Å²) in [6.45, 7) is 3.73. The van der Waals surface area contributed by atoms with Crippen LogP contribution in [0, 0.1) is 13.8 Å². The second-order valence-electron chi connectivity index (χ2n) is 8.02. The van der Waals surface area contributed by atoms with Gasteiger partial charge in [0, 0.05) is 35.8 Å². The van der Waals surface area contributed by atoms with Crippen LogP contribution in [0.2, 0.25) is 0 Å². The van der Waals surface area contributed by atoms with Crippen molar-refractivity contribution in [1.29, 1.82) is 0 Å². The highest BCUT2D eigenvalue weighted by Crippen LogP contribution is 2.38. The average Bonchev–Trinajstić information content (AvgIpc) is 3.25. The van der Waals surface area contributed by atoms with Gasteiger partial charge in [0.15, 0.2) is 5.76 Å². The molecule has 0 spiro atoms. The van der Waals surface area contributed by atoms with Crippen molar-refractivity contribution in [3.8, 4) is 11.5 Å². The molecule has 0 unspecified atom stereocenters. The Bertz CT molecular complexity index is 1440. The molecule has 1 aliphatic heterocycles. The summed E-state index contributed by atoms with van der Waals surface area (Å²) in [5.74, 6) is 0.355. The molecule has 0 atom stereocenters. The van der Waals surface area contributed by atoms with E-state index in [1.54, 1.807) is 30.3 Å². The van der Waals surface area contributed by atoms with Gasteiger partial charge in [-0.3, -0.25) is 4.79 Å². The molecule has 1 aromatic heterocycles. The van der Waals surface area contributed by atoms with Crippen molar-refractivity contribution in [3.05, 3.63) is 100 Å². The van der Waals surface area contributed by atoms with Crippen LogP contribution in [-0.2, 0) is 7.05 Å². The van der Waals surface area contributed by atoms with Gasteiger partial charge in [0.25, 0.3) is 0 Å². The number of para-hydroxylation sites is 1. The Morgan fingerprint density at radius 3 is 2.66 bits per heavy atom. The first kappa shape index (κ1) is 19.8. The highest BCUT2D eigenvalue weighted by atomic mass is 16.5. The minimum atomic E-state index is -0.455. The van der Waals surface area contributed by atoms with E-state index < -0.39 is 5.97 Å². The van der Waals surface area contributed by atoms with Crippen molar-refractivity contribution in [3.63, 3.8) is 0 Å². The number of rotatable bonds is 3. The van der Waals surface area contributed by atoms with Gasteiger partial charge in [-0.2, -0.15) is 0 Å². The molecule has 2 heterocycles. The highest BCUT2D eigenvalue weighted by molar-refractivity contribution is 6.16. The van der Waals surface area contributed by atoms with Gasteiger partial charge in [-0.15, -0.1) is 0 Å².